The molecular formula is C24H26N2O2. The summed E-state index contributed by atoms with van der Waals surface area (Å²) in [6, 6.07) is 18.0. The highest BCUT2D eigenvalue weighted by molar-refractivity contribution is 6.21. The van der Waals surface area contributed by atoms with Crippen molar-refractivity contribution in [3.63, 3.8) is 0 Å². The lowest BCUT2D eigenvalue weighted by Crippen LogP contribution is -2.35. The summed E-state index contributed by atoms with van der Waals surface area (Å²) >= 11 is 0. The van der Waals surface area contributed by atoms with Gasteiger partial charge < -0.3 is 15.0 Å². The van der Waals surface area contributed by atoms with Crippen LogP contribution in [0.15, 0.2) is 83.8 Å². The van der Waals surface area contributed by atoms with Crippen LogP contribution in [0.25, 0.3) is 6.08 Å². The fourth-order valence-corrected chi connectivity index (χ4v) is 3.25. The Morgan fingerprint density at radius 1 is 1.07 bits per heavy atom. The first-order chi connectivity index (χ1) is 13.7. The number of ketones is 1. The molecule has 4 heteroatoms. The molecule has 0 saturated heterocycles. The zero-order chi connectivity index (χ0) is 19.9. The van der Waals surface area contributed by atoms with Crippen LogP contribution in [0.3, 0.4) is 0 Å². The summed E-state index contributed by atoms with van der Waals surface area (Å²) < 4.78 is 5.51. The fraction of sp³-hybridized carbons (Fsp3) is 0.208. The molecule has 0 amide bonds. The molecule has 0 saturated carbocycles. The van der Waals surface area contributed by atoms with Crippen LogP contribution in [-0.4, -0.2) is 26.5 Å². The first-order valence-corrected chi connectivity index (χ1v) is 9.49. The standard InChI is InChI=1S/C24H26N2O2/c1-4-25-21-17-11-9-13-18(21)12-8-10-16-20-23(27)22(24(20)28-3)26(2)19-14-6-5-7-15-19/h5-9,11-17,25H,4,10H2,1-3H3/b12-8-,20-16+. The van der Waals surface area contributed by atoms with Crippen molar-refractivity contribution < 1.29 is 9.53 Å². The number of anilines is 2. The van der Waals surface area contributed by atoms with Gasteiger partial charge >= 0.3 is 0 Å². The van der Waals surface area contributed by atoms with E-state index in [2.05, 4.69) is 36.5 Å². The predicted octanol–water partition coefficient (Wildman–Crippen LogP) is 5.03. The first kappa shape index (κ1) is 19.5. The topological polar surface area (TPSA) is 41.6 Å². The van der Waals surface area contributed by atoms with Gasteiger partial charge in [-0.15, -0.1) is 0 Å². The first-order valence-electron chi connectivity index (χ1n) is 9.49. The molecule has 0 atom stereocenters. The van der Waals surface area contributed by atoms with Crippen LogP contribution in [0.5, 0.6) is 0 Å². The third-order valence-electron chi connectivity index (χ3n) is 4.69. The van der Waals surface area contributed by atoms with Crippen molar-refractivity contribution in [1.82, 2.24) is 0 Å². The fourth-order valence-electron chi connectivity index (χ4n) is 3.25. The number of hydrogen-bond donors (Lipinski definition) is 1. The summed E-state index contributed by atoms with van der Waals surface area (Å²) in [5.74, 6) is 0.669. The highest BCUT2D eigenvalue weighted by Gasteiger charge is 2.37. The molecule has 28 heavy (non-hydrogen) atoms. The van der Waals surface area contributed by atoms with Crippen molar-refractivity contribution in [2.45, 2.75) is 13.3 Å². The molecule has 0 fully saturated rings. The molecule has 1 aliphatic carbocycles. The van der Waals surface area contributed by atoms with Gasteiger partial charge in [-0.2, -0.15) is 0 Å². The molecule has 144 valence electrons. The number of hydrogen-bond acceptors (Lipinski definition) is 4. The van der Waals surface area contributed by atoms with E-state index in [9.17, 15) is 4.79 Å². The average Bonchev–Trinajstić information content (AvgIpc) is 2.73. The van der Waals surface area contributed by atoms with Crippen molar-refractivity contribution in [2.75, 3.05) is 30.9 Å². The number of methoxy groups -OCH3 is 1. The Morgan fingerprint density at radius 3 is 2.50 bits per heavy atom. The number of benzene rings is 2. The van der Waals surface area contributed by atoms with Gasteiger partial charge in [0.2, 0.25) is 5.78 Å². The van der Waals surface area contributed by atoms with Crippen LogP contribution in [0.4, 0.5) is 11.4 Å². The largest absolute Gasteiger partial charge is 0.494 e. The molecule has 2 aromatic carbocycles. The molecule has 0 radical (unpaired) electrons. The van der Waals surface area contributed by atoms with Crippen molar-refractivity contribution in [1.29, 1.82) is 0 Å². The predicted molar refractivity (Wildman–Crippen MR) is 116 cm³/mol. The third kappa shape index (κ3) is 4.01. The van der Waals surface area contributed by atoms with Gasteiger partial charge in [0.1, 0.15) is 5.70 Å². The van der Waals surface area contributed by atoms with Crippen molar-refractivity contribution in [3.8, 4) is 0 Å². The Labute approximate surface area is 166 Å². The molecule has 0 bridgehead atoms. The van der Waals surface area contributed by atoms with Crippen LogP contribution < -0.4 is 10.2 Å². The van der Waals surface area contributed by atoms with Crippen LogP contribution in [-0.2, 0) is 9.53 Å². The van der Waals surface area contributed by atoms with E-state index in [1.807, 2.05) is 60.5 Å². The summed E-state index contributed by atoms with van der Waals surface area (Å²) in [7, 11) is 3.49. The lowest BCUT2D eigenvalue weighted by Gasteiger charge is -2.31. The van der Waals surface area contributed by atoms with Crippen LogP contribution in [0.2, 0.25) is 0 Å². The highest BCUT2D eigenvalue weighted by atomic mass is 16.5. The summed E-state index contributed by atoms with van der Waals surface area (Å²) in [4.78, 5) is 14.5. The summed E-state index contributed by atoms with van der Waals surface area (Å²) in [5.41, 5.74) is 4.44. The number of allylic oxidation sites excluding steroid dienone is 4. The number of Topliss-reactive ketones (excluding diaryl/α,β-unsaturated/α-hetero) is 1. The summed E-state index contributed by atoms with van der Waals surface area (Å²) in [5, 5.41) is 3.35. The van der Waals surface area contributed by atoms with Gasteiger partial charge in [-0.25, -0.2) is 0 Å². The molecule has 0 spiro atoms. The van der Waals surface area contributed by atoms with E-state index >= 15 is 0 Å². The second-order valence-corrected chi connectivity index (χ2v) is 6.48. The maximum absolute atomic E-state index is 12.7. The molecule has 0 aliphatic heterocycles. The number of carbonyl (C=O) groups is 1. The van der Waals surface area contributed by atoms with Gasteiger partial charge in [0.15, 0.2) is 5.76 Å². The van der Waals surface area contributed by atoms with Crippen molar-refractivity contribution >= 4 is 23.2 Å². The van der Waals surface area contributed by atoms with Gasteiger partial charge in [-0.3, -0.25) is 4.79 Å². The van der Waals surface area contributed by atoms with Gasteiger partial charge in [0, 0.05) is 25.0 Å². The number of nitrogens with one attached hydrogen (secondary N) is 1. The molecular weight excluding hydrogens is 348 g/mol. The minimum Gasteiger partial charge on any atom is -0.494 e. The minimum absolute atomic E-state index is 0.0182. The van der Waals surface area contributed by atoms with E-state index in [1.54, 1.807) is 7.11 Å². The van der Waals surface area contributed by atoms with E-state index < -0.39 is 0 Å². The average molecular weight is 374 g/mol. The number of rotatable bonds is 8. The van der Waals surface area contributed by atoms with Crippen LogP contribution in [0.1, 0.15) is 18.9 Å². The lowest BCUT2D eigenvalue weighted by atomic mass is 9.91. The Kier molecular flexibility index (Phi) is 6.33. The zero-order valence-corrected chi connectivity index (χ0v) is 16.6. The molecule has 4 nitrogen and oxygen atoms in total. The SMILES string of the molecule is CCNc1ccccc1/C=C\C/C=C1\C(=O)C(N(C)c2ccccc2)=C1OC. The monoisotopic (exact) mass is 374 g/mol. The lowest BCUT2D eigenvalue weighted by molar-refractivity contribution is -0.114. The van der Waals surface area contributed by atoms with Gasteiger partial charge in [0.05, 0.1) is 12.7 Å². The Morgan fingerprint density at radius 2 is 1.79 bits per heavy atom. The maximum Gasteiger partial charge on any atom is 0.216 e. The molecule has 1 aliphatic rings. The number of para-hydroxylation sites is 2. The van der Waals surface area contributed by atoms with Gasteiger partial charge in [0.25, 0.3) is 0 Å². The van der Waals surface area contributed by atoms with Crippen LogP contribution in [0, 0.1) is 0 Å². The third-order valence-corrected chi connectivity index (χ3v) is 4.69. The second kappa shape index (κ2) is 9.09. The summed E-state index contributed by atoms with van der Waals surface area (Å²) in [6.07, 6.45) is 6.72. The number of carbonyl (C=O) groups excluding carboxylic acids is 1. The Bertz CT molecular complexity index is 927. The normalized spacial score (nSPS) is 15.1. The van der Waals surface area contributed by atoms with Crippen molar-refractivity contribution in [3.05, 3.63) is 89.3 Å². The van der Waals surface area contributed by atoms with E-state index in [4.69, 9.17) is 4.74 Å². The number of ether oxygens (including phenoxy) is 1. The number of likely N-dealkylation sites (N-methyl/N-ethyl adjacent to an activating group) is 1. The van der Waals surface area contributed by atoms with E-state index in [-0.39, 0.29) is 5.78 Å². The second-order valence-electron chi connectivity index (χ2n) is 6.48. The van der Waals surface area contributed by atoms with E-state index in [0.717, 1.165) is 23.5 Å². The molecule has 0 unspecified atom stereocenters. The minimum atomic E-state index is 0.0182. The van der Waals surface area contributed by atoms with E-state index in [0.29, 0.717) is 23.5 Å². The molecule has 0 heterocycles. The smallest absolute Gasteiger partial charge is 0.216 e. The molecule has 2 aromatic rings. The van der Waals surface area contributed by atoms with Crippen molar-refractivity contribution in [2.24, 2.45) is 0 Å². The Balaban J connectivity index is 1.73. The molecule has 0 aromatic heterocycles. The number of nitrogens with zero attached hydrogens (tertiary/aromatic N) is 1. The quantitative estimate of drug-likeness (QED) is 0.659. The Hall–Kier alpha value is -3.27. The summed E-state index contributed by atoms with van der Waals surface area (Å²) in [6.45, 7) is 2.96. The molecule has 3 rings (SSSR count). The van der Waals surface area contributed by atoms with Gasteiger partial charge in [-0.05, 0) is 37.1 Å². The van der Waals surface area contributed by atoms with Crippen LogP contribution >= 0.6 is 0 Å². The highest BCUT2D eigenvalue weighted by Crippen LogP contribution is 2.35. The zero-order valence-electron chi connectivity index (χ0n) is 16.6. The van der Waals surface area contributed by atoms with E-state index in [1.165, 1.54) is 0 Å². The maximum atomic E-state index is 12.7. The van der Waals surface area contributed by atoms with Gasteiger partial charge in [-0.1, -0.05) is 54.6 Å². The molecule has 1 N–H and O–H groups in total.